The van der Waals surface area contributed by atoms with E-state index in [1.807, 2.05) is 10.9 Å². The molecule has 0 N–H and O–H groups in total. The second-order valence-corrected chi connectivity index (χ2v) is 4.53. The fourth-order valence-corrected chi connectivity index (χ4v) is 1.71. The van der Waals surface area contributed by atoms with Gasteiger partial charge in [0, 0.05) is 11.9 Å². The van der Waals surface area contributed by atoms with Crippen molar-refractivity contribution in [3.05, 3.63) is 22.4 Å². The van der Waals surface area contributed by atoms with E-state index in [0.717, 1.165) is 16.6 Å². The summed E-state index contributed by atoms with van der Waals surface area (Å²) in [4.78, 5) is 0. The maximum Gasteiger partial charge on any atom is 0.0752 e. The molecule has 1 aromatic rings. The Labute approximate surface area is 98.1 Å². The molecule has 0 saturated heterocycles. The lowest BCUT2D eigenvalue weighted by Crippen LogP contribution is -2.04. The van der Waals surface area contributed by atoms with E-state index in [-0.39, 0.29) is 0 Å². The average Bonchev–Trinajstić information content (AvgIpc) is 2.48. The molecule has 0 atom stereocenters. The molecule has 0 radical (unpaired) electrons. The molecule has 78 valence electrons. The van der Waals surface area contributed by atoms with Crippen LogP contribution in [-0.4, -0.2) is 15.7 Å². The highest BCUT2D eigenvalue weighted by Gasteiger charge is 2.07. The van der Waals surface area contributed by atoms with E-state index in [4.69, 9.17) is 11.6 Å². The maximum atomic E-state index is 5.60. The predicted molar refractivity (Wildman–Crippen MR) is 64.7 cm³/mol. The zero-order valence-electron chi connectivity index (χ0n) is 8.37. The lowest BCUT2D eigenvalue weighted by atomic mass is 10.3. The zero-order chi connectivity index (χ0) is 10.6. The van der Waals surface area contributed by atoms with Crippen LogP contribution >= 0.6 is 27.5 Å². The molecule has 1 rings (SSSR count). The number of alkyl halides is 1. The fraction of sp³-hybridized carbons (Fsp3) is 0.500. The van der Waals surface area contributed by atoms with Gasteiger partial charge in [-0.1, -0.05) is 6.08 Å². The van der Waals surface area contributed by atoms with Gasteiger partial charge in [-0.2, -0.15) is 5.10 Å². The normalized spacial score (nSPS) is 11.8. The number of allylic oxidation sites excluding steroid dienone is 1. The van der Waals surface area contributed by atoms with Gasteiger partial charge in [0.05, 0.1) is 16.4 Å². The molecular weight excluding hydrogens is 263 g/mol. The number of aromatic nitrogens is 2. The first-order valence-electron chi connectivity index (χ1n) is 4.62. The largest absolute Gasteiger partial charge is 0.262 e. The molecule has 0 aliphatic carbocycles. The van der Waals surface area contributed by atoms with E-state index in [9.17, 15) is 0 Å². The first kappa shape index (κ1) is 11.8. The lowest BCUT2D eigenvalue weighted by molar-refractivity contribution is 0.528. The van der Waals surface area contributed by atoms with Crippen LogP contribution < -0.4 is 0 Å². The highest BCUT2D eigenvalue weighted by molar-refractivity contribution is 9.10. The molecule has 4 heteroatoms. The van der Waals surface area contributed by atoms with E-state index in [1.165, 1.54) is 0 Å². The third kappa shape index (κ3) is 2.85. The molecule has 14 heavy (non-hydrogen) atoms. The van der Waals surface area contributed by atoms with Crippen molar-refractivity contribution in [2.24, 2.45) is 0 Å². The minimum atomic E-state index is 0.372. The molecule has 0 fully saturated rings. The van der Waals surface area contributed by atoms with Gasteiger partial charge in [0.1, 0.15) is 0 Å². The van der Waals surface area contributed by atoms with Gasteiger partial charge in [-0.3, -0.25) is 4.68 Å². The monoisotopic (exact) mass is 276 g/mol. The Balaban J connectivity index is 2.88. The van der Waals surface area contributed by atoms with Gasteiger partial charge in [0.15, 0.2) is 0 Å². The number of hydrogen-bond donors (Lipinski definition) is 0. The number of hydrogen-bond acceptors (Lipinski definition) is 1. The predicted octanol–water partition coefficient (Wildman–Crippen LogP) is 3.87. The van der Waals surface area contributed by atoms with Crippen LogP contribution in [0.1, 0.15) is 32.0 Å². The SMILES string of the molecule is CC(C)n1ncc(Br)c1/C=C/CCCl. The molecule has 0 aliphatic rings. The zero-order valence-corrected chi connectivity index (χ0v) is 10.7. The van der Waals surface area contributed by atoms with Gasteiger partial charge < -0.3 is 0 Å². The highest BCUT2D eigenvalue weighted by Crippen LogP contribution is 2.20. The van der Waals surface area contributed by atoms with Crippen molar-refractivity contribution in [1.82, 2.24) is 9.78 Å². The van der Waals surface area contributed by atoms with E-state index < -0.39 is 0 Å². The number of nitrogens with zero attached hydrogens (tertiary/aromatic N) is 2. The Bertz CT molecular complexity index is 318. The Morgan fingerprint density at radius 1 is 1.64 bits per heavy atom. The summed E-state index contributed by atoms with van der Waals surface area (Å²) in [5, 5.41) is 4.28. The summed E-state index contributed by atoms with van der Waals surface area (Å²) >= 11 is 9.07. The summed E-state index contributed by atoms with van der Waals surface area (Å²) in [6.45, 7) is 4.22. The topological polar surface area (TPSA) is 17.8 Å². The van der Waals surface area contributed by atoms with Crippen LogP contribution in [0.4, 0.5) is 0 Å². The van der Waals surface area contributed by atoms with Crippen LogP contribution in [0.2, 0.25) is 0 Å². The van der Waals surface area contributed by atoms with Crippen LogP contribution in [0.3, 0.4) is 0 Å². The second-order valence-electron chi connectivity index (χ2n) is 3.30. The fourth-order valence-electron chi connectivity index (χ4n) is 1.18. The Hall–Kier alpha value is -0.280. The molecular formula is C10H14BrClN2. The molecule has 0 spiro atoms. The third-order valence-electron chi connectivity index (χ3n) is 1.83. The maximum absolute atomic E-state index is 5.60. The minimum absolute atomic E-state index is 0.372. The smallest absolute Gasteiger partial charge is 0.0752 e. The van der Waals surface area contributed by atoms with Crippen molar-refractivity contribution < 1.29 is 0 Å². The van der Waals surface area contributed by atoms with Gasteiger partial charge in [-0.25, -0.2) is 0 Å². The summed E-state index contributed by atoms with van der Waals surface area (Å²) in [7, 11) is 0. The second kappa shape index (κ2) is 5.56. The summed E-state index contributed by atoms with van der Waals surface area (Å²) in [6.07, 6.45) is 6.82. The molecule has 0 bridgehead atoms. The van der Waals surface area contributed by atoms with E-state index >= 15 is 0 Å². The molecule has 0 amide bonds. The summed E-state index contributed by atoms with van der Waals surface area (Å²) in [5.74, 6) is 0.657. The molecule has 0 aliphatic heterocycles. The number of rotatable bonds is 4. The Morgan fingerprint density at radius 3 is 2.93 bits per heavy atom. The van der Waals surface area contributed by atoms with Crippen molar-refractivity contribution in [2.75, 3.05) is 5.88 Å². The standard InChI is InChI=1S/C10H14BrClN2/c1-8(2)14-10(5-3-4-6-12)9(11)7-13-14/h3,5,7-8H,4,6H2,1-2H3/b5-3+. The highest BCUT2D eigenvalue weighted by atomic mass is 79.9. The van der Waals surface area contributed by atoms with Crippen LogP contribution in [0.15, 0.2) is 16.7 Å². The quantitative estimate of drug-likeness (QED) is 0.764. The summed E-state index contributed by atoms with van der Waals surface area (Å²) < 4.78 is 3.01. The van der Waals surface area contributed by atoms with Crippen LogP contribution in [-0.2, 0) is 0 Å². The van der Waals surface area contributed by atoms with Crippen LogP contribution in [0.25, 0.3) is 6.08 Å². The molecule has 2 nitrogen and oxygen atoms in total. The summed E-state index contributed by atoms with van der Waals surface area (Å²) in [5.41, 5.74) is 1.10. The lowest BCUT2D eigenvalue weighted by Gasteiger charge is -2.08. The van der Waals surface area contributed by atoms with Crippen molar-refractivity contribution in [3.8, 4) is 0 Å². The molecule has 0 aromatic carbocycles. The number of halogens is 2. The van der Waals surface area contributed by atoms with Crippen molar-refractivity contribution >= 4 is 33.6 Å². The Morgan fingerprint density at radius 2 is 2.36 bits per heavy atom. The van der Waals surface area contributed by atoms with Crippen molar-refractivity contribution in [2.45, 2.75) is 26.3 Å². The third-order valence-corrected chi connectivity index (χ3v) is 2.66. The van der Waals surface area contributed by atoms with Crippen molar-refractivity contribution in [3.63, 3.8) is 0 Å². The van der Waals surface area contributed by atoms with E-state index in [0.29, 0.717) is 11.9 Å². The van der Waals surface area contributed by atoms with E-state index in [2.05, 4.69) is 47.0 Å². The Kier molecular flexibility index (Phi) is 4.69. The van der Waals surface area contributed by atoms with Gasteiger partial charge in [-0.15, -0.1) is 11.6 Å². The van der Waals surface area contributed by atoms with Crippen LogP contribution in [0, 0.1) is 0 Å². The van der Waals surface area contributed by atoms with Gasteiger partial charge >= 0.3 is 0 Å². The van der Waals surface area contributed by atoms with Gasteiger partial charge in [0.25, 0.3) is 0 Å². The first-order valence-corrected chi connectivity index (χ1v) is 5.95. The average molecular weight is 278 g/mol. The molecule has 0 saturated carbocycles. The molecule has 0 unspecified atom stereocenters. The first-order chi connectivity index (χ1) is 6.66. The molecule has 1 aromatic heterocycles. The summed E-state index contributed by atoms with van der Waals surface area (Å²) in [6, 6.07) is 0.372. The van der Waals surface area contributed by atoms with E-state index in [1.54, 1.807) is 0 Å². The van der Waals surface area contributed by atoms with Crippen molar-refractivity contribution in [1.29, 1.82) is 0 Å². The van der Waals surface area contributed by atoms with Gasteiger partial charge in [0.2, 0.25) is 0 Å². The van der Waals surface area contributed by atoms with Crippen LogP contribution in [0.5, 0.6) is 0 Å². The van der Waals surface area contributed by atoms with Gasteiger partial charge in [-0.05, 0) is 42.3 Å². The molecule has 1 heterocycles. The minimum Gasteiger partial charge on any atom is -0.262 e.